The fraction of sp³-hybridized carbons (Fsp3) is 0.975. The van der Waals surface area contributed by atoms with E-state index in [1.165, 1.54) is 283 Å². The Labute approximate surface area is 696 Å². The van der Waals surface area contributed by atoms with Gasteiger partial charge in [0, 0.05) is 0 Å². The third-order valence-corrected chi connectivity index (χ3v) is 20.6. The number of rotatable bonds is 78. The van der Waals surface area contributed by atoms with Crippen molar-refractivity contribution in [2.75, 3.05) is 39.6 Å². The molecule has 0 rings (SSSR count). The number of phosphoric ester groups is 4. The lowest BCUT2D eigenvalue weighted by molar-refractivity contribution is -0.129. The predicted molar refractivity (Wildman–Crippen MR) is 469 cm³/mol. The van der Waals surface area contributed by atoms with Crippen LogP contribution >= 0.6 is 39.3 Å². The number of hydrogen-bond donors (Lipinski definition) is 16. The summed E-state index contributed by atoms with van der Waals surface area (Å²) in [6, 6.07) is -1.61. The van der Waals surface area contributed by atoms with E-state index >= 15 is 0 Å². The molecule has 0 aliphatic rings. The fourth-order valence-electron chi connectivity index (χ4n) is 11.7. The van der Waals surface area contributed by atoms with E-state index in [9.17, 15) is 48.9 Å². The summed E-state index contributed by atoms with van der Waals surface area (Å²) in [7, 11) is -15.7. The molecule has 0 amide bonds. The molecule has 0 fully saturated rings. The quantitative estimate of drug-likeness (QED) is 0.0116. The minimum atomic E-state index is -4.59. The molecule has 0 unspecified atom stereocenters. The van der Waals surface area contributed by atoms with Crippen molar-refractivity contribution in [3.05, 3.63) is 12.2 Å². The van der Waals surface area contributed by atoms with Crippen molar-refractivity contribution in [3.8, 4) is 0 Å². The molecular weight excluding hydrogens is 1570 g/mol. The maximum absolute atomic E-state index is 10.6. The summed E-state index contributed by atoms with van der Waals surface area (Å²) in [6.45, 7) is 11.2. The molecule has 32 heteroatoms. The van der Waals surface area contributed by atoms with Crippen molar-refractivity contribution in [1.29, 1.82) is 0 Å². The summed E-state index contributed by atoms with van der Waals surface area (Å²) >= 11 is 3.89. The first kappa shape index (κ1) is 126. The molecule has 0 aromatic carbocycles. The smallest absolute Gasteiger partial charge is 0.391 e. The average molecular weight is 1750 g/mol. The molecule has 0 heterocycles. The number of allylic oxidation sites excluding steroid dienone is 1. The highest BCUT2D eigenvalue weighted by Crippen LogP contribution is 2.38. The Balaban J connectivity index is -0.000000253. The number of phosphoric acid groups is 4. The summed E-state index contributed by atoms with van der Waals surface area (Å²) in [5, 5.41) is 57.6. The summed E-state index contributed by atoms with van der Waals surface area (Å²) in [5.41, 5.74) is 11.3. The highest BCUT2D eigenvalue weighted by atomic mass is 32.4. The van der Waals surface area contributed by atoms with E-state index in [1.54, 1.807) is 6.08 Å². The molecule has 8 atom stereocenters. The predicted octanol–water partition coefficient (Wildman–Crippen LogP) is 20.7. The van der Waals surface area contributed by atoms with E-state index in [4.69, 9.17) is 60.1 Å². The second-order valence-corrected chi connectivity index (χ2v) is 34.9. The van der Waals surface area contributed by atoms with Crippen molar-refractivity contribution >= 4 is 51.1 Å². The first-order valence-corrected chi connectivity index (χ1v) is 51.6. The van der Waals surface area contributed by atoms with E-state index in [0.29, 0.717) is 19.3 Å². The zero-order chi connectivity index (χ0) is 85.5. The standard InChI is InChI=1S/C21H45O7P.C18H40NO5P.C18H38NO5P.C13H29O7P.C10H22.CH4.HPS/c1-2-3-4-5-6-7-8-9-10-11-12-13-14-15-16-17-21(23)27-18-20(22)19-28-29(24,25)26;2*1-2-3-4-5-6-7-8-9-10-11-12-13-14-15-18(20)17(19)16-24-25(21,22)23;1-2-3-4-5-6-7-8-9-13(15)19-10-12(14)11-20-21(16,17)18;1-3-5-7-9-10-8-6-4-2;;1-2/h20-23H,2-19H2,1H3,(H2,24,25,26);17-18,20H,2-16,19H2,1H3,(H2,21,22,23);14-15,17-18,20H,2-13,16,19H2,1H3,(H2,21,22,23);12-15H,2-11H2,1H3,(H2,16,17,18);3-10H2,1-2H3;1H4;1H/b;;15-14-;;;;/t20-,21+;2*17-,18+;12-,13+;;;/m1001.../s1. The highest BCUT2D eigenvalue weighted by Gasteiger charge is 2.23. The van der Waals surface area contributed by atoms with Crippen LogP contribution in [0, 0.1) is 0 Å². The van der Waals surface area contributed by atoms with Crippen LogP contribution in [-0.4, -0.2) is 159 Å². The molecule has 0 radical (unpaired) electrons. The largest absolute Gasteiger partial charge is 0.469 e. The van der Waals surface area contributed by atoms with E-state index in [-0.39, 0.29) is 33.9 Å². The Kier molecular flexibility index (Phi) is 108. The van der Waals surface area contributed by atoms with Gasteiger partial charge in [-0.1, -0.05) is 400 Å². The lowest BCUT2D eigenvalue weighted by Gasteiger charge is -2.18. The first-order chi connectivity index (χ1) is 53.3. The first-order valence-electron chi connectivity index (χ1n) is 43.8. The number of aliphatic hydroxyl groups excluding tert-OH is 6. The molecule has 0 saturated carbocycles. The summed E-state index contributed by atoms with van der Waals surface area (Å²) in [6.07, 6.45) is 69.3. The number of unbranched alkanes of at least 4 members (excludes halogenated alkanes) is 50. The topological polar surface area (TPSA) is 459 Å². The van der Waals surface area contributed by atoms with Crippen LogP contribution in [0.5, 0.6) is 0 Å². The SMILES string of the molecule is C.CCCCCCCCCC.CCCCCCCCCCCCC/C=C\[C@@H](O)[C@@H](N)COP(=O)(O)O.CCCCCCCCCCCCCCCCC[C@@H](O)OC[C@@H](O)COP(=O)(O)O.CCCCCCCCCCCCCCC[C@@H](O)[C@@H](N)COP(=O)(O)O.CCCCCCCCC[C@@H](O)OC[C@@H](O)COP(=O)(O)O.P=S. The number of hydrogen-bond acceptors (Lipinski definition) is 19. The monoisotopic (exact) mass is 1750 g/mol. The number of aliphatic hydroxyl groups is 6. The minimum absolute atomic E-state index is 0. The molecule has 0 aromatic heterocycles. The molecule has 0 aromatic rings. The maximum Gasteiger partial charge on any atom is 0.469 e. The van der Waals surface area contributed by atoms with Gasteiger partial charge in [0.25, 0.3) is 0 Å². The zero-order valence-electron chi connectivity index (χ0n) is 71.2. The lowest BCUT2D eigenvalue weighted by Crippen LogP contribution is -2.38. The molecule has 18 N–H and O–H groups in total. The third-order valence-electron chi connectivity index (χ3n) is 18.6. The van der Waals surface area contributed by atoms with Crippen LogP contribution in [0.3, 0.4) is 0 Å². The van der Waals surface area contributed by atoms with E-state index in [0.717, 1.165) is 70.6 Å². The molecule has 688 valence electrons. The van der Waals surface area contributed by atoms with Crippen LogP contribution in [0.1, 0.15) is 421 Å². The fourth-order valence-corrected chi connectivity index (χ4v) is 13.2. The highest BCUT2D eigenvalue weighted by molar-refractivity contribution is 7.88. The Morgan fingerprint density at radius 3 is 0.717 bits per heavy atom. The molecular formula is C81H179N2O24P5S. The van der Waals surface area contributed by atoms with Gasteiger partial charge in [0.05, 0.1) is 63.9 Å². The van der Waals surface area contributed by atoms with Crippen molar-refractivity contribution in [2.24, 2.45) is 11.5 Å². The summed E-state index contributed by atoms with van der Waals surface area (Å²) in [4.78, 5) is 68.3. The van der Waals surface area contributed by atoms with E-state index < -0.39 is 93.6 Å². The van der Waals surface area contributed by atoms with E-state index in [2.05, 4.69) is 79.5 Å². The van der Waals surface area contributed by atoms with Crippen molar-refractivity contribution < 1.29 is 116 Å². The Hall–Kier alpha value is 0.300. The summed E-state index contributed by atoms with van der Waals surface area (Å²) in [5.74, 6) is 0. The van der Waals surface area contributed by atoms with Crippen LogP contribution in [0.4, 0.5) is 0 Å². The number of nitrogens with two attached hydrogens (primary N) is 2. The van der Waals surface area contributed by atoms with Gasteiger partial charge in [0.1, 0.15) is 12.2 Å². The van der Waals surface area contributed by atoms with Gasteiger partial charge >= 0.3 is 31.3 Å². The van der Waals surface area contributed by atoms with Crippen LogP contribution in [0.25, 0.3) is 0 Å². The third kappa shape index (κ3) is 123. The molecule has 0 spiro atoms. The van der Waals surface area contributed by atoms with Crippen molar-refractivity contribution in [1.82, 2.24) is 0 Å². The van der Waals surface area contributed by atoms with Gasteiger partial charge in [0.2, 0.25) is 0 Å². The van der Waals surface area contributed by atoms with Crippen LogP contribution in [0.15, 0.2) is 12.2 Å². The normalized spacial score (nSPS) is 13.9. The maximum atomic E-state index is 10.6. The van der Waals surface area contributed by atoms with Gasteiger partial charge in [0.15, 0.2) is 12.6 Å². The van der Waals surface area contributed by atoms with Gasteiger partial charge in [-0.25, -0.2) is 18.3 Å². The van der Waals surface area contributed by atoms with Crippen LogP contribution < -0.4 is 11.5 Å². The lowest BCUT2D eigenvalue weighted by atomic mass is 10.0. The van der Waals surface area contributed by atoms with Crippen molar-refractivity contribution in [2.45, 2.75) is 470 Å². The molecule has 0 saturated heterocycles. The Bertz CT molecular complexity index is 2070. The van der Waals surface area contributed by atoms with Crippen LogP contribution in [-0.2, 0) is 57.6 Å². The molecule has 0 aliphatic heterocycles. The Morgan fingerprint density at radius 2 is 0.487 bits per heavy atom. The second kappa shape index (κ2) is 96.1. The van der Waals surface area contributed by atoms with Crippen LogP contribution in [0.2, 0.25) is 0 Å². The van der Waals surface area contributed by atoms with Gasteiger partial charge in [-0.3, -0.25) is 18.1 Å². The molecule has 0 bridgehead atoms. The molecule has 0 aliphatic carbocycles. The van der Waals surface area contributed by atoms with Crippen molar-refractivity contribution in [3.63, 3.8) is 0 Å². The molecule has 113 heavy (non-hydrogen) atoms. The van der Waals surface area contributed by atoms with Gasteiger partial charge < -0.3 is 90.7 Å². The van der Waals surface area contributed by atoms with Gasteiger partial charge in [-0.2, -0.15) is 0 Å². The minimum Gasteiger partial charge on any atom is -0.391 e. The van der Waals surface area contributed by atoms with Gasteiger partial charge in [-0.05, 0) is 53.0 Å². The second-order valence-electron chi connectivity index (χ2n) is 30.0. The zero-order valence-corrected chi connectivity index (χ0v) is 76.6. The summed E-state index contributed by atoms with van der Waals surface area (Å²) < 4.78 is 69.0. The average Bonchev–Trinajstić information content (AvgIpc) is 0.944. The number of ether oxygens (including phenoxy) is 2. The van der Waals surface area contributed by atoms with Gasteiger partial charge in [-0.15, -0.1) is 0 Å². The molecule has 26 nitrogen and oxygen atoms in total. The van der Waals surface area contributed by atoms with E-state index in [1.807, 2.05) is 6.08 Å². The Morgan fingerprint density at radius 1 is 0.292 bits per heavy atom.